The van der Waals surface area contributed by atoms with Gasteiger partial charge in [-0.15, -0.1) is 0 Å². The molecule has 3 rings (SSSR count). The molecule has 0 aliphatic carbocycles. The SMILES string of the molecule is O=C(Nc1cccnc1-n1cccn1)C1COCCN1. The monoisotopic (exact) mass is 273 g/mol. The van der Waals surface area contributed by atoms with Crippen molar-refractivity contribution in [3.63, 3.8) is 0 Å². The number of ether oxygens (including phenoxy) is 1. The molecule has 1 amide bonds. The van der Waals surface area contributed by atoms with Crippen LogP contribution in [0, 0.1) is 0 Å². The number of nitrogens with zero attached hydrogens (tertiary/aromatic N) is 3. The largest absolute Gasteiger partial charge is 0.378 e. The molecule has 7 heteroatoms. The molecule has 7 nitrogen and oxygen atoms in total. The molecule has 0 saturated carbocycles. The fraction of sp³-hybridized carbons (Fsp3) is 0.308. The summed E-state index contributed by atoms with van der Waals surface area (Å²) in [4.78, 5) is 16.4. The van der Waals surface area contributed by atoms with E-state index in [1.54, 1.807) is 41.5 Å². The Bertz CT molecular complexity index is 578. The Morgan fingerprint density at radius 2 is 2.40 bits per heavy atom. The summed E-state index contributed by atoms with van der Waals surface area (Å²) in [6.45, 7) is 1.69. The Hall–Kier alpha value is -2.25. The second-order valence-electron chi connectivity index (χ2n) is 4.40. The van der Waals surface area contributed by atoms with Crippen LogP contribution >= 0.6 is 0 Å². The smallest absolute Gasteiger partial charge is 0.244 e. The normalized spacial score (nSPS) is 18.7. The van der Waals surface area contributed by atoms with Gasteiger partial charge in [-0.25, -0.2) is 9.67 Å². The first kappa shape index (κ1) is 12.8. The molecule has 2 N–H and O–H groups in total. The molecule has 0 radical (unpaired) electrons. The first-order valence-corrected chi connectivity index (χ1v) is 6.41. The predicted octanol–water partition coefficient (Wildman–Crippen LogP) is 0.194. The van der Waals surface area contributed by atoms with E-state index in [-0.39, 0.29) is 11.9 Å². The quantitative estimate of drug-likeness (QED) is 0.834. The highest BCUT2D eigenvalue weighted by atomic mass is 16.5. The van der Waals surface area contributed by atoms with Gasteiger partial charge in [-0.2, -0.15) is 5.10 Å². The molecule has 0 bridgehead atoms. The highest BCUT2D eigenvalue weighted by Gasteiger charge is 2.22. The van der Waals surface area contributed by atoms with Crippen molar-refractivity contribution in [1.82, 2.24) is 20.1 Å². The third-order valence-corrected chi connectivity index (χ3v) is 3.00. The fourth-order valence-electron chi connectivity index (χ4n) is 2.02. The van der Waals surface area contributed by atoms with Gasteiger partial charge in [0.1, 0.15) is 6.04 Å². The van der Waals surface area contributed by atoms with Crippen LogP contribution in [0.15, 0.2) is 36.8 Å². The van der Waals surface area contributed by atoms with Crippen molar-refractivity contribution >= 4 is 11.6 Å². The van der Waals surface area contributed by atoms with Gasteiger partial charge in [0.05, 0.1) is 18.9 Å². The van der Waals surface area contributed by atoms with E-state index in [0.29, 0.717) is 31.3 Å². The molecule has 20 heavy (non-hydrogen) atoms. The Kier molecular flexibility index (Phi) is 3.71. The van der Waals surface area contributed by atoms with Gasteiger partial charge in [0.2, 0.25) is 5.91 Å². The first-order valence-electron chi connectivity index (χ1n) is 6.41. The summed E-state index contributed by atoms with van der Waals surface area (Å²) in [5, 5.41) is 10.1. The van der Waals surface area contributed by atoms with Crippen molar-refractivity contribution in [2.45, 2.75) is 6.04 Å². The fourth-order valence-corrected chi connectivity index (χ4v) is 2.02. The Balaban J connectivity index is 1.79. The molecule has 1 aliphatic rings. The molecule has 0 aromatic carbocycles. The molecular weight excluding hydrogens is 258 g/mol. The number of morpholine rings is 1. The summed E-state index contributed by atoms with van der Waals surface area (Å²) < 4.78 is 6.90. The average molecular weight is 273 g/mol. The molecular formula is C13H15N5O2. The van der Waals surface area contributed by atoms with E-state index >= 15 is 0 Å². The minimum absolute atomic E-state index is 0.133. The molecule has 3 heterocycles. The summed E-state index contributed by atoms with van der Waals surface area (Å²) in [6, 6.07) is 5.03. The number of carbonyl (C=O) groups excluding carboxylic acids is 1. The first-order chi connectivity index (χ1) is 9.84. The molecule has 1 atom stereocenters. The third kappa shape index (κ3) is 2.68. The lowest BCUT2D eigenvalue weighted by Crippen LogP contribution is -2.48. The predicted molar refractivity (Wildman–Crippen MR) is 72.6 cm³/mol. The van der Waals surface area contributed by atoms with Crippen molar-refractivity contribution in [3.8, 4) is 5.82 Å². The number of anilines is 1. The van der Waals surface area contributed by atoms with Crippen LogP contribution in [0.4, 0.5) is 5.69 Å². The lowest BCUT2D eigenvalue weighted by molar-refractivity contribution is -0.120. The van der Waals surface area contributed by atoms with E-state index in [4.69, 9.17) is 4.74 Å². The lowest BCUT2D eigenvalue weighted by atomic mass is 10.2. The molecule has 1 fully saturated rings. The van der Waals surface area contributed by atoms with Crippen LogP contribution in [0.3, 0.4) is 0 Å². The van der Waals surface area contributed by atoms with Crippen molar-refractivity contribution in [2.24, 2.45) is 0 Å². The zero-order valence-electron chi connectivity index (χ0n) is 10.8. The third-order valence-electron chi connectivity index (χ3n) is 3.00. The van der Waals surface area contributed by atoms with E-state index in [1.165, 1.54) is 0 Å². The van der Waals surface area contributed by atoms with Crippen molar-refractivity contribution in [1.29, 1.82) is 0 Å². The maximum atomic E-state index is 12.2. The highest BCUT2D eigenvalue weighted by Crippen LogP contribution is 2.16. The zero-order valence-corrected chi connectivity index (χ0v) is 10.8. The second kappa shape index (κ2) is 5.81. The molecule has 0 spiro atoms. The van der Waals surface area contributed by atoms with Crippen LogP contribution in [-0.2, 0) is 9.53 Å². The van der Waals surface area contributed by atoms with Crippen LogP contribution in [0.25, 0.3) is 5.82 Å². The minimum Gasteiger partial charge on any atom is -0.378 e. The van der Waals surface area contributed by atoms with Crippen molar-refractivity contribution < 1.29 is 9.53 Å². The molecule has 2 aromatic heterocycles. The summed E-state index contributed by atoms with van der Waals surface area (Å²) in [7, 11) is 0. The Labute approximate surface area is 116 Å². The molecule has 1 saturated heterocycles. The Morgan fingerprint density at radius 3 is 3.15 bits per heavy atom. The molecule has 1 unspecified atom stereocenters. The zero-order chi connectivity index (χ0) is 13.8. The van der Waals surface area contributed by atoms with Crippen molar-refractivity contribution in [3.05, 3.63) is 36.8 Å². The number of hydrogen-bond acceptors (Lipinski definition) is 5. The number of amides is 1. The maximum absolute atomic E-state index is 12.2. The topological polar surface area (TPSA) is 81.1 Å². The van der Waals surface area contributed by atoms with Crippen LogP contribution in [0.5, 0.6) is 0 Å². The Morgan fingerprint density at radius 1 is 1.45 bits per heavy atom. The number of carbonyl (C=O) groups is 1. The van der Waals surface area contributed by atoms with E-state index in [9.17, 15) is 4.79 Å². The van der Waals surface area contributed by atoms with Crippen LogP contribution < -0.4 is 10.6 Å². The van der Waals surface area contributed by atoms with Gasteiger partial charge in [0.25, 0.3) is 0 Å². The summed E-state index contributed by atoms with van der Waals surface area (Å²) in [5.41, 5.74) is 0.619. The van der Waals surface area contributed by atoms with Gasteiger partial charge >= 0.3 is 0 Å². The van der Waals surface area contributed by atoms with Crippen LogP contribution in [0.2, 0.25) is 0 Å². The van der Waals surface area contributed by atoms with E-state index in [1.807, 2.05) is 0 Å². The lowest BCUT2D eigenvalue weighted by Gasteiger charge is -2.23. The average Bonchev–Trinajstić information content (AvgIpc) is 3.03. The van der Waals surface area contributed by atoms with Gasteiger partial charge in [-0.3, -0.25) is 4.79 Å². The van der Waals surface area contributed by atoms with Gasteiger partial charge in [0.15, 0.2) is 5.82 Å². The van der Waals surface area contributed by atoms with E-state index in [0.717, 1.165) is 0 Å². The van der Waals surface area contributed by atoms with Crippen molar-refractivity contribution in [2.75, 3.05) is 25.1 Å². The number of aromatic nitrogens is 3. The van der Waals surface area contributed by atoms with Gasteiger partial charge in [0, 0.05) is 25.1 Å². The number of hydrogen-bond donors (Lipinski definition) is 2. The van der Waals surface area contributed by atoms with Crippen LogP contribution in [0.1, 0.15) is 0 Å². The van der Waals surface area contributed by atoms with E-state index < -0.39 is 0 Å². The summed E-state index contributed by atoms with van der Waals surface area (Å²) in [5.74, 6) is 0.452. The highest BCUT2D eigenvalue weighted by molar-refractivity contribution is 5.96. The maximum Gasteiger partial charge on any atom is 0.244 e. The summed E-state index contributed by atoms with van der Waals surface area (Å²) >= 11 is 0. The van der Waals surface area contributed by atoms with Crippen LogP contribution in [-0.4, -0.2) is 46.5 Å². The molecule has 1 aliphatic heterocycles. The minimum atomic E-state index is -0.338. The van der Waals surface area contributed by atoms with Gasteiger partial charge < -0.3 is 15.4 Å². The number of pyridine rings is 1. The second-order valence-corrected chi connectivity index (χ2v) is 4.40. The molecule has 104 valence electrons. The van der Waals surface area contributed by atoms with Gasteiger partial charge in [-0.1, -0.05) is 0 Å². The standard InChI is InChI=1S/C13H15N5O2/c19-13(11-9-20-8-6-14-11)17-10-3-1-4-15-12(10)18-7-2-5-16-18/h1-5,7,11,14H,6,8-9H2,(H,17,19). The number of rotatable bonds is 3. The summed E-state index contributed by atoms with van der Waals surface area (Å²) in [6.07, 6.45) is 5.10. The van der Waals surface area contributed by atoms with E-state index in [2.05, 4.69) is 20.7 Å². The molecule has 2 aromatic rings. The number of nitrogens with one attached hydrogen (secondary N) is 2. The van der Waals surface area contributed by atoms with Gasteiger partial charge in [-0.05, 0) is 18.2 Å².